The molecule has 0 heterocycles. The fourth-order valence-corrected chi connectivity index (χ4v) is 4.68. The number of nitrogens with zero attached hydrogens (tertiary/aromatic N) is 2. The Morgan fingerprint density at radius 2 is 1.74 bits per heavy atom. The van der Waals surface area contributed by atoms with Crippen LogP contribution in [0.1, 0.15) is 12.5 Å². The smallest absolute Gasteiger partial charge is 0.339 e. The summed E-state index contributed by atoms with van der Waals surface area (Å²) in [5.74, 6) is -1.11. The Hall–Kier alpha value is -4.74. The van der Waals surface area contributed by atoms with Gasteiger partial charge in [-0.15, -0.1) is 0 Å². The third kappa shape index (κ3) is 7.40. The lowest BCUT2D eigenvalue weighted by atomic mass is 10.1. The molecule has 14 heteroatoms. The molecule has 39 heavy (non-hydrogen) atoms. The molecule has 2 amide bonds. The van der Waals surface area contributed by atoms with Crippen molar-refractivity contribution in [2.75, 3.05) is 17.7 Å². The van der Waals surface area contributed by atoms with Crippen LogP contribution in [0.5, 0.6) is 11.5 Å². The standard InChI is InChI=1S/C25H19BrN4O8S/c1-15(31)28-18-4-7-20(8-5-18)39(35,36)38-23-10-3-16(12-21(23)26)11-17(14-27)25(32)29-22-9-6-19(30(33)34)13-24(22)37-2/h3-13H,1-2H3,(H,28,31)(H,29,32)/b17-11+. The lowest BCUT2D eigenvalue weighted by molar-refractivity contribution is -0.384. The van der Waals surface area contributed by atoms with Crippen molar-refractivity contribution in [3.05, 3.63) is 86.4 Å². The van der Waals surface area contributed by atoms with Crippen LogP contribution in [0, 0.1) is 21.4 Å². The van der Waals surface area contributed by atoms with Crippen LogP contribution in [0.25, 0.3) is 6.08 Å². The molecule has 0 aliphatic rings. The van der Waals surface area contributed by atoms with Crippen molar-refractivity contribution in [3.63, 3.8) is 0 Å². The van der Waals surface area contributed by atoms with Crippen LogP contribution in [0.3, 0.4) is 0 Å². The SMILES string of the molecule is COc1cc([N+](=O)[O-])ccc1NC(=O)/C(C#N)=C/c1ccc(OS(=O)(=O)c2ccc(NC(C)=O)cc2)c(Br)c1. The van der Waals surface area contributed by atoms with E-state index in [4.69, 9.17) is 8.92 Å². The number of nitrogens with one attached hydrogen (secondary N) is 2. The van der Waals surface area contributed by atoms with Gasteiger partial charge in [0, 0.05) is 18.7 Å². The second-order valence-electron chi connectivity index (χ2n) is 7.70. The summed E-state index contributed by atoms with van der Waals surface area (Å²) in [4.78, 5) is 34.0. The van der Waals surface area contributed by atoms with E-state index >= 15 is 0 Å². The van der Waals surface area contributed by atoms with E-state index in [0.717, 1.165) is 6.07 Å². The first-order valence-electron chi connectivity index (χ1n) is 10.8. The molecular weight excluding hydrogens is 596 g/mol. The molecule has 3 aromatic carbocycles. The fourth-order valence-electron chi connectivity index (χ4n) is 3.15. The number of halogens is 1. The van der Waals surface area contributed by atoms with E-state index in [2.05, 4.69) is 26.6 Å². The molecule has 0 spiro atoms. The maximum absolute atomic E-state index is 12.7. The fraction of sp³-hybridized carbons (Fsp3) is 0.0800. The van der Waals surface area contributed by atoms with Crippen LogP contribution in [0.15, 0.2) is 75.6 Å². The van der Waals surface area contributed by atoms with Crippen LogP contribution in [0.4, 0.5) is 17.1 Å². The van der Waals surface area contributed by atoms with E-state index in [1.807, 2.05) is 0 Å². The Morgan fingerprint density at radius 3 is 2.31 bits per heavy atom. The first-order chi connectivity index (χ1) is 18.4. The summed E-state index contributed by atoms with van der Waals surface area (Å²) in [5.41, 5.74) is 0.367. The van der Waals surface area contributed by atoms with Gasteiger partial charge in [0.05, 0.1) is 28.3 Å². The number of hydrogen-bond donors (Lipinski definition) is 2. The highest BCUT2D eigenvalue weighted by atomic mass is 79.9. The van der Waals surface area contributed by atoms with Gasteiger partial charge in [-0.2, -0.15) is 13.7 Å². The molecule has 0 aliphatic carbocycles. The van der Waals surface area contributed by atoms with Gasteiger partial charge in [0.15, 0.2) is 5.75 Å². The third-order valence-corrected chi connectivity index (χ3v) is 6.81. The van der Waals surface area contributed by atoms with Crippen LogP contribution in [-0.2, 0) is 19.7 Å². The molecule has 0 bridgehead atoms. The van der Waals surface area contributed by atoms with Gasteiger partial charge in [-0.3, -0.25) is 19.7 Å². The molecule has 0 atom stereocenters. The predicted octanol–water partition coefficient (Wildman–Crippen LogP) is 4.64. The van der Waals surface area contributed by atoms with E-state index in [-0.39, 0.29) is 43.7 Å². The second-order valence-corrected chi connectivity index (χ2v) is 10.1. The number of nitriles is 1. The van der Waals surface area contributed by atoms with Crippen molar-refractivity contribution in [1.29, 1.82) is 5.26 Å². The Kier molecular flexibility index (Phi) is 9.02. The first kappa shape index (κ1) is 28.8. The van der Waals surface area contributed by atoms with Crippen LogP contribution in [0.2, 0.25) is 0 Å². The highest BCUT2D eigenvalue weighted by Crippen LogP contribution is 2.31. The Morgan fingerprint density at radius 1 is 1.05 bits per heavy atom. The molecule has 3 aromatic rings. The van der Waals surface area contributed by atoms with Crippen molar-refractivity contribution in [1.82, 2.24) is 0 Å². The van der Waals surface area contributed by atoms with Crippen molar-refractivity contribution in [2.45, 2.75) is 11.8 Å². The maximum atomic E-state index is 12.7. The summed E-state index contributed by atoms with van der Waals surface area (Å²) in [6, 6.07) is 15.0. The number of methoxy groups -OCH3 is 1. The lowest BCUT2D eigenvalue weighted by Crippen LogP contribution is -2.14. The summed E-state index contributed by atoms with van der Waals surface area (Å²) in [6.45, 7) is 1.33. The highest BCUT2D eigenvalue weighted by Gasteiger charge is 2.19. The van der Waals surface area contributed by atoms with Gasteiger partial charge in [-0.05, 0) is 70.0 Å². The molecule has 12 nitrogen and oxygen atoms in total. The minimum absolute atomic E-state index is 0.0325. The number of carbonyl (C=O) groups excluding carboxylic acids is 2. The number of amides is 2. The van der Waals surface area contributed by atoms with Crippen molar-refractivity contribution in [3.8, 4) is 17.6 Å². The topological polar surface area (TPSA) is 178 Å². The van der Waals surface area contributed by atoms with Gasteiger partial charge in [0.2, 0.25) is 5.91 Å². The molecule has 200 valence electrons. The molecule has 0 saturated heterocycles. The summed E-state index contributed by atoms with van der Waals surface area (Å²) in [6.07, 6.45) is 1.26. The Balaban J connectivity index is 1.78. The Labute approximate surface area is 231 Å². The largest absolute Gasteiger partial charge is 0.494 e. The minimum Gasteiger partial charge on any atom is -0.494 e. The summed E-state index contributed by atoms with van der Waals surface area (Å²) in [7, 11) is -2.94. The number of rotatable bonds is 9. The number of anilines is 2. The van der Waals surface area contributed by atoms with Gasteiger partial charge in [0.1, 0.15) is 22.3 Å². The number of ether oxygens (including phenoxy) is 1. The second kappa shape index (κ2) is 12.2. The van der Waals surface area contributed by atoms with Gasteiger partial charge in [-0.25, -0.2) is 0 Å². The zero-order chi connectivity index (χ0) is 28.7. The molecule has 0 aliphatic heterocycles. The zero-order valence-corrected chi connectivity index (χ0v) is 22.7. The predicted molar refractivity (Wildman–Crippen MR) is 145 cm³/mol. The number of nitro benzene ring substituents is 1. The van der Waals surface area contributed by atoms with Crippen LogP contribution >= 0.6 is 15.9 Å². The number of hydrogen-bond acceptors (Lipinski definition) is 9. The van der Waals surface area contributed by atoms with Gasteiger partial charge in [-0.1, -0.05) is 6.07 Å². The van der Waals surface area contributed by atoms with Crippen molar-refractivity contribution in [2.24, 2.45) is 0 Å². The summed E-state index contributed by atoms with van der Waals surface area (Å²) >= 11 is 3.23. The molecule has 0 aromatic heterocycles. The van der Waals surface area contributed by atoms with Gasteiger partial charge in [0.25, 0.3) is 11.6 Å². The monoisotopic (exact) mass is 614 g/mol. The number of benzene rings is 3. The summed E-state index contributed by atoms with van der Waals surface area (Å²) in [5, 5.41) is 25.5. The molecule has 0 radical (unpaired) electrons. The van der Waals surface area contributed by atoms with Crippen molar-refractivity contribution >= 4 is 61.0 Å². The summed E-state index contributed by atoms with van der Waals surface area (Å²) < 4.78 is 35.9. The first-order valence-corrected chi connectivity index (χ1v) is 13.0. The average Bonchev–Trinajstić information content (AvgIpc) is 2.88. The van der Waals surface area contributed by atoms with E-state index in [1.54, 1.807) is 6.07 Å². The molecule has 2 N–H and O–H groups in total. The van der Waals surface area contributed by atoms with Gasteiger partial charge >= 0.3 is 10.1 Å². The van der Waals surface area contributed by atoms with Gasteiger partial charge < -0.3 is 19.6 Å². The number of non-ortho nitro benzene ring substituents is 1. The molecule has 0 fully saturated rings. The molecule has 0 saturated carbocycles. The number of carbonyl (C=O) groups is 2. The normalized spacial score (nSPS) is 11.2. The molecule has 0 unspecified atom stereocenters. The minimum atomic E-state index is -4.21. The van der Waals surface area contributed by atoms with Crippen LogP contribution in [-0.4, -0.2) is 32.3 Å². The highest BCUT2D eigenvalue weighted by molar-refractivity contribution is 9.10. The van der Waals surface area contributed by atoms with E-state index in [1.165, 1.54) is 74.7 Å². The zero-order valence-electron chi connectivity index (χ0n) is 20.3. The lowest BCUT2D eigenvalue weighted by Gasteiger charge is -2.11. The Bertz CT molecular complexity index is 1630. The number of nitro groups is 1. The third-order valence-electron chi connectivity index (χ3n) is 4.94. The molecule has 3 rings (SSSR count). The van der Waals surface area contributed by atoms with E-state index < -0.39 is 20.9 Å². The van der Waals surface area contributed by atoms with E-state index in [0.29, 0.717) is 11.3 Å². The quantitative estimate of drug-likeness (QED) is 0.114. The van der Waals surface area contributed by atoms with Crippen LogP contribution < -0.4 is 19.6 Å². The maximum Gasteiger partial charge on any atom is 0.339 e. The van der Waals surface area contributed by atoms with E-state index in [9.17, 15) is 33.4 Å². The molecular formula is C25H19BrN4O8S. The average molecular weight is 615 g/mol. The van der Waals surface area contributed by atoms with Crippen molar-refractivity contribution < 1.29 is 31.9 Å².